The highest BCUT2D eigenvalue weighted by atomic mass is 79.9. The highest BCUT2D eigenvalue weighted by molar-refractivity contribution is 9.10. The van der Waals surface area contributed by atoms with Crippen molar-refractivity contribution in [1.29, 1.82) is 0 Å². The number of rotatable bonds is 3. The average Bonchev–Trinajstić information content (AvgIpc) is 2.01. The Balaban J connectivity index is 1.86. The summed E-state index contributed by atoms with van der Waals surface area (Å²) in [5, 5.41) is 0. The van der Waals surface area contributed by atoms with Crippen molar-refractivity contribution >= 4 is 15.9 Å². The number of hydrogen-bond donors (Lipinski definition) is 0. The van der Waals surface area contributed by atoms with Crippen LogP contribution >= 0.6 is 15.9 Å². The van der Waals surface area contributed by atoms with Gasteiger partial charge in [0.25, 0.3) is 0 Å². The van der Waals surface area contributed by atoms with Crippen molar-refractivity contribution in [3.8, 4) is 5.75 Å². The minimum Gasteiger partial charge on any atom is -0.491 e. The maximum absolute atomic E-state index is 5.52. The largest absolute Gasteiger partial charge is 0.491 e. The van der Waals surface area contributed by atoms with Crippen LogP contribution in [-0.2, 0) is 4.74 Å². The van der Waals surface area contributed by atoms with E-state index in [2.05, 4.69) is 20.9 Å². The van der Waals surface area contributed by atoms with Crippen LogP contribution in [0, 0.1) is 5.92 Å². The summed E-state index contributed by atoms with van der Waals surface area (Å²) in [5.41, 5.74) is 0. The lowest BCUT2D eigenvalue weighted by Crippen LogP contribution is -2.32. The second kappa shape index (κ2) is 4.07. The summed E-state index contributed by atoms with van der Waals surface area (Å²) in [7, 11) is 0. The minimum absolute atomic E-state index is 0.555. The molecule has 1 aromatic heterocycles. The molecule has 1 aliphatic rings. The molecular formula is C9H10BrNO2. The molecule has 0 bridgehead atoms. The second-order valence-corrected chi connectivity index (χ2v) is 3.97. The van der Waals surface area contributed by atoms with Crippen LogP contribution in [0.25, 0.3) is 0 Å². The van der Waals surface area contributed by atoms with Crippen molar-refractivity contribution in [2.24, 2.45) is 5.92 Å². The van der Waals surface area contributed by atoms with Crippen molar-refractivity contribution in [2.45, 2.75) is 0 Å². The molecule has 70 valence electrons. The number of halogens is 1. The molecular weight excluding hydrogens is 234 g/mol. The van der Waals surface area contributed by atoms with E-state index in [1.54, 1.807) is 12.4 Å². The Labute approximate surface area is 85.2 Å². The molecule has 0 amide bonds. The zero-order chi connectivity index (χ0) is 9.10. The zero-order valence-electron chi connectivity index (χ0n) is 7.07. The van der Waals surface area contributed by atoms with Crippen molar-refractivity contribution in [3.05, 3.63) is 22.9 Å². The van der Waals surface area contributed by atoms with E-state index >= 15 is 0 Å². The highest BCUT2D eigenvalue weighted by Gasteiger charge is 2.18. The van der Waals surface area contributed by atoms with Crippen LogP contribution < -0.4 is 4.74 Å². The van der Waals surface area contributed by atoms with Gasteiger partial charge in [-0.3, -0.25) is 4.98 Å². The third-order valence-electron chi connectivity index (χ3n) is 1.87. The fourth-order valence-electron chi connectivity index (χ4n) is 1.07. The lowest BCUT2D eigenvalue weighted by atomic mass is 10.1. The van der Waals surface area contributed by atoms with E-state index in [1.165, 1.54) is 0 Å². The van der Waals surface area contributed by atoms with E-state index in [4.69, 9.17) is 9.47 Å². The van der Waals surface area contributed by atoms with Gasteiger partial charge in [-0.05, 0) is 22.0 Å². The SMILES string of the molecule is Brc1cncc(OCC2COC2)c1. The first-order valence-electron chi connectivity index (χ1n) is 4.15. The first-order valence-corrected chi connectivity index (χ1v) is 4.95. The van der Waals surface area contributed by atoms with Crippen LogP contribution in [0.15, 0.2) is 22.9 Å². The van der Waals surface area contributed by atoms with E-state index in [0.29, 0.717) is 5.92 Å². The van der Waals surface area contributed by atoms with Crippen molar-refractivity contribution < 1.29 is 9.47 Å². The Hall–Kier alpha value is -0.610. The minimum atomic E-state index is 0.555. The number of hydrogen-bond acceptors (Lipinski definition) is 3. The van der Waals surface area contributed by atoms with Gasteiger partial charge in [-0.2, -0.15) is 0 Å². The molecule has 0 N–H and O–H groups in total. The van der Waals surface area contributed by atoms with E-state index in [1.807, 2.05) is 6.07 Å². The van der Waals surface area contributed by atoms with Gasteiger partial charge in [-0.15, -0.1) is 0 Å². The summed E-state index contributed by atoms with van der Waals surface area (Å²) in [6.45, 7) is 2.36. The van der Waals surface area contributed by atoms with Crippen molar-refractivity contribution in [1.82, 2.24) is 4.98 Å². The Bertz CT molecular complexity index is 289. The zero-order valence-corrected chi connectivity index (χ0v) is 8.66. The molecule has 1 aliphatic heterocycles. The molecule has 1 aromatic rings. The normalized spacial score (nSPS) is 16.7. The topological polar surface area (TPSA) is 31.4 Å². The fraction of sp³-hybridized carbons (Fsp3) is 0.444. The van der Waals surface area contributed by atoms with Gasteiger partial charge in [0, 0.05) is 16.6 Å². The van der Waals surface area contributed by atoms with Gasteiger partial charge in [0.15, 0.2) is 0 Å². The summed E-state index contributed by atoms with van der Waals surface area (Å²) < 4.78 is 11.5. The summed E-state index contributed by atoms with van der Waals surface area (Å²) in [6.07, 6.45) is 3.45. The van der Waals surface area contributed by atoms with E-state index in [-0.39, 0.29) is 0 Å². The molecule has 0 spiro atoms. The lowest BCUT2D eigenvalue weighted by molar-refractivity contribution is -0.0509. The summed E-state index contributed by atoms with van der Waals surface area (Å²) in [5.74, 6) is 1.36. The Kier molecular flexibility index (Phi) is 2.80. The first-order chi connectivity index (χ1) is 6.34. The molecule has 0 unspecified atom stereocenters. The van der Waals surface area contributed by atoms with Crippen LogP contribution in [0.4, 0.5) is 0 Å². The highest BCUT2D eigenvalue weighted by Crippen LogP contribution is 2.18. The summed E-state index contributed by atoms with van der Waals surface area (Å²) >= 11 is 3.33. The Morgan fingerprint density at radius 3 is 3.00 bits per heavy atom. The molecule has 2 rings (SSSR count). The molecule has 0 aliphatic carbocycles. The van der Waals surface area contributed by atoms with E-state index in [9.17, 15) is 0 Å². The van der Waals surface area contributed by atoms with Gasteiger partial charge in [0.2, 0.25) is 0 Å². The number of aromatic nitrogens is 1. The van der Waals surface area contributed by atoms with Crippen LogP contribution in [0.2, 0.25) is 0 Å². The molecule has 0 radical (unpaired) electrons. The van der Waals surface area contributed by atoms with Crippen LogP contribution in [0.1, 0.15) is 0 Å². The molecule has 13 heavy (non-hydrogen) atoms. The summed E-state index contributed by atoms with van der Waals surface area (Å²) in [4.78, 5) is 4.00. The van der Waals surface area contributed by atoms with Crippen LogP contribution in [-0.4, -0.2) is 24.8 Å². The van der Waals surface area contributed by atoms with Crippen molar-refractivity contribution in [2.75, 3.05) is 19.8 Å². The standard InChI is InChI=1S/C9H10BrNO2/c10-8-1-9(3-11-2-8)13-6-7-4-12-5-7/h1-3,7H,4-6H2. The third-order valence-corrected chi connectivity index (χ3v) is 2.31. The molecule has 0 aromatic carbocycles. The molecule has 4 heteroatoms. The van der Waals surface area contributed by atoms with Gasteiger partial charge >= 0.3 is 0 Å². The average molecular weight is 244 g/mol. The maximum atomic E-state index is 5.52. The second-order valence-electron chi connectivity index (χ2n) is 3.05. The van der Waals surface area contributed by atoms with Gasteiger partial charge in [-0.1, -0.05) is 0 Å². The van der Waals surface area contributed by atoms with Gasteiger partial charge in [0.05, 0.1) is 26.0 Å². The van der Waals surface area contributed by atoms with Crippen LogP contribution in [0.3, 0.4) is 0 Å². The van der Waals surface area contributed by atoms with E-state index in [0.717, 1.165) is 30.0 Å². The molecule has 0 saturated carbocycles. The molecule has 3 nitrogen and oxygen atoms in total. The molecule has 1 fully saturated rings. The van der Waals surface area contributed by atoms with Gasteiger partial charge in [0.1, 0.15) is 5.75 Å². The van der Waals surface area contributed by atoms with Gasteiger partial charge in [-0.25, -0.2) is 0 Å². The first kappa shape index (κ1) is 8.97. The Morgan fingerprint density at radius 1 is 1.54 bits per heavy atom. The van der Waals surface area contributed by atoms with E-state index < -0.39 is 0 Å². The van der Waals surface area contributed by atoms with Gasteiger partial charge < -0.3 is 9.47 Å². The summed E-state index contributed by atoms with van der Waals surface area (Å²) in [6, 6.07) is 1.91. The Morgan fingerprint density at radius 2 is 2.38 bits per heavy atom. The fourth-order valence-corrected chi connectivity index (χ4v) is 1.41. The molecule has 1 saturated heterocycles. The van der Waals surface area contributed by atoms with Crippen LogP contribution in [0.5, 0.6) is 5.75 Å². The predicted molar refractivity (Wildman–Crippen MR) is 51.7 cm³/mol. The lowest BCUT2D eigenvalue weighted by Gasteiger charge is -2.25. The number of pyridine rings is 1. The predicted octanol–water partition coefficient (Wildman–Crippen LogP) is 1.87. The number of ether oxygens (including phenoxy) is 2. The number of nitrogens with zero attached hydrogens (tertiary/aromatic N) is 1. The smallest absolute Gasteiger partial charge is 0.138 e. The molecule has 2 heterocycles. The monoisotopic (exact) mass is 243 g/mol. The third kappa shape index (κ3) is 2.42. The van der Waals surface area contributed by atoms with Crippen molar-refractivity contribution in [3.63, 3.8) is 0 Å². The quantitative estimate of drug-likeness (QED) is 0.813. The molecule has 0 atom stereocenters. The maximum Gasteiger partial charge on any atom is 0.138 e.